The molecule has 6 nitrogen and oxygen atoms in total. The summed E-state index contributed by atoms with van der Waals surface area (Å²) in [6, 6.07) is 5.21. The lowest BCUT2D eigenvalue weighted by atomic mass is 10.1. The second-order valence-corrected chi connectivity index (χ2v) is 3.69. The zero-order valence-electron chi connectivity index (χ0n) is 9.40. The number of anilines is 1. The molecule has 6 heteroatoms. The molecule has 0 radical (unpaired) electrons. The average Bonchev–Trinajstić information content (AvgIpc) is 2.82. The highest BCUT2D eigenvalue weighted by Gasteiger charge is 2.07. The van der Waals surface area contributed by atoms with Crippen LogP contribution >= 0.6 is 0 Å². The lowest BCUT2D eigenvalue weighted by Gasteiger charge is -2.05. The van der Waals surface area contributed by atoms with Crippen LogP contribution in [0.15, 0.2) is 24.5 Å². The van der Waals surface area contributed by atoms with Gasteiger partial charge in [-0.05, 0) is 24.6 Å². The van der Waals surface area contributed by atoms with Crippen molar-refractivity contribution in [3.63, 3.8) is 0 Å². The van der Waals surface area contributed by atoms with Crippen LogP contribution in [0.2, 0.25) is 0 Å². The molecular formula is C11H13N5O. The Morgan fingerprint density at radius 3 is 3.00 bits per heavy atom. The molecule has 0 aliphatic heterocycles. The normalized spacial score (nSPS) is 10.2. The van der Waals surface area contributed by atoms with Crippen LogP contribution in [0.25, 0.3) is 0 Å². The molecule has 0 fully saturated rings. The molecule has 88 valence electrons. The average molecular weight is 231 g/mol. The first-order chi connectivity index (χ1) is 8.16. The Morgan fingerprint density at radius 1 is 1.53 bits per heavy atom. The van der Waals surface area contributed by atoms with E-state index in [4.69, 9.17) is 5.73 Å². The van der Waals surface area contributed by atoms with Gasteiger partial charge in [0.1, 0.15) is 12.2 Å². The highest BCUT2D eigenvalue weighted by Crippen LogP contribution is 2.12. The van der Waals surface area contributed by atoms with E-state index >= 15 is 0 Å². The number of hydrogen-bond acceptors (Lipinski definition) is 4. The van der Waals surface area contributed by atoms with Crippen molar-refractivity contribution in [2.24, 2.45) is 0 Å². The standard InChI is InChI=1S/C11H13N5O/c1-7-2-3-8(4-9(7)12)11(17)13-5-10-14-6-15-16-10/h2-4,6H,5,12H2,1H3,(H,13,17)(H,14,15,16). The largest absolute Gasteiger partial charge is 0.398 e. The van der Waals surface area contributed by atoms with Gasteiger partial charge >= 0.3 is 0 Å². The molecule has 1 aromatic carbocycles. The second kappa shape index (κ2) is 4.65. The van der Waals surface area contributed by atoms with Crippen LogP contribution in [0, 0.1) is 6.92 Å². The molecule has 0 unspecified atom stereocenters. The fourth-order valence-corrected chi connectivity index (χ4v) is 1.36. The monoisotopic (exact) mass is 231 g/mol. The molecule has 0 aliphatic rings. The summed E-state index contributed by atoms with van der Waals surface area (Å²) in [6.07, 6.45) is 1.39. The lowest BCUT2D eigenvalue weighted by Crippen LogP contribution is -2.23. The Balaban J connectivity index is 2.02. The van der Waals surface area contributed by atoms with Crippen molar-refractivity contribution in [3.05, 3.63) is 41.5 Å². The van der Waals surface area contributed by atoms with E-state index in [9.17, 15) is 4.79 Å². The van der Waals surface area contributed by atoms with E-state index in [1.165, 1.54) is 6.33 Å². The second-order valence-electron chi connectivity index (χ2n) is 3.69. The summed E-state index contributed by atoms with van der Waals surface area (Å²) >= 11 is 0. The van der Waals surface area contributed by atoms with Gasteiger partial charge in [-0.25, -0.2) is 4.98 Å². The third-order valence-electron chi connectivity index (χ3n) is 2.42. The van der Waals surface area contributed by atoms with Gasteiger partial charge in [-0.15, -0.1) is 0 Å². The predicted molar refractivity (Wildman–Crippen MR) is 63.1 cm³/mol. The number of carbonyl (C=O) groups is 1. The van der Waals surface area contributed by atoms with E-state index in [1.54, 1.807) is 12.1 Å². The minimum atomic E-state index is -0.187. The van der Waals surface area contributed by atoms with E-state index in [-0.39, 0.29) is 5.91 Å². The van der Waals surface area contributed by atoms with Gasteiger partial charge in [-0.1, -0.05) is 6.07 Å². The number of rotatable bonds is 3. The zero-order valence-corrected chi connectivity index (χ0v) is 9.40. The number of benzene rings is 1. The Hall–Kier alpha value is -2.37. The van der Waals surface area contributed by atoms with Gasteiger partial charge in [0.25, 0.3) is 5.91 Å². The van der Waals surface area contributed by atoms with Crippen molar-refractivity contribution >= 4 is 11.6 Å². The molecule has 0 saturated heterocycles. The van der Waals surface area contributed by atoms with Crippen molar-refractivity contribution in [1.82, 2.24) is 20.5 Å². The maximum Gasteiger partial charge on any atom is 0.251 e. The van der Waals surface area contributed by atoms with Gasteiger partial charge in [0, 0.05) is 11.3 Å². The molecule has 4 N–H and O–H groups in total. The highest BCUT2D eigenvalue weighted by molar-refractivity contribution is 5.95. The topological polar surface area (TPSA) is 96.7 Å². The van der Waals surface area contributed by atoms with E-state index in [0.717, 1.165) is 5.56 Å². The van der Waals surface area contributed by atoms with Crippen molar-refractivity contribution in [1.29, 1.82) is 0 Å². The number of nitrogen functional groups attached to an aromatic ring is 1. The summed E-state index contributed by atoms with van der Waals surface area (Å²) in [5.41, 5.74) is 7.84. The molecule has 0 saturated carbocycles. The summed E-state index contributed by atoms with van der Waals surface area (Å²) in [6.45, 7) is 2.21. The number of nitrogens with one attached hydrogen (secondary N) is 2. The third kappa shape index (κ3) is 2.60. The number of aryl methyl sites for hydroxylation is 1. The predicted octanol–water partition coefficient (Wildman–Crippen LogP) is 0.625. The van der Waals surface area contributed by atoms with Gasteiger partial charge < -0.3 is 11.1 Å². The van der Waals surface area contributed by atoms with Crippen molar-refractivity contribution in [2.75, 3.05) is 5.73 Å². The van der Waals surface area contributed by atoms with E-state index in [0.29, 0.717) is 23.6 Å². The van der Waals surface area contributed by atoms with Crippen LogP contribution in [-0.2, 0) is 6.54 Å². The minimum Gasteiger partial charge on any atom is -0.398 e. The summed E-state index contributed by atoms with van der Waals surface area (Å²) in [5.74, 6) is 0.423. The first-order valence-electron chi connectivity index (χ1n) is 5.15. The van der Waals surface area contributed by atoms with Gasteiger partial charge in [0.15, 0.2) is 0 Å². The molecule has 2 rings (SSSR count). The number of nitrogens with two attached hydrogens (primary N) is 1. The number of aromatic nitrogens is 3. The molecule has 1 amide bonds. The SMILES string of the molecule is Cc1ccc(C(=O)NCc2ncn[nH]2)cc1N. The smallest absolute Gasteiger partial charge is 0.251 e. The van der Waals surface area contributed by atoms with Gasteiger partial charge in [0.2, 0.25) is 0 Å². The van der Waals surface area contributed by atoms with Crippen LogP contribution in [0.3, 0.4) is 0 Å². The minimum absolute atomic E-state index is 0.187. The number of hydrogen-bond donors (Lipinski definition) is 3. The molecule has 0 atom stereocenters. The fraction of sp³-hybridized carbons (Fsp3) is 0.182. The molecule has 1 heterocycles. The molecule has 0 spiro atoms. The number of H-pyrrole nitrogens is 1. The Morgan fingerprint density at radius 2 is 2.35 bits per heavy atom. The number of aromatic amines is 1. The van der Waals surface area contributed by atoms with Gasteiger partial charge in [-0.3, -0.25) is 9.89 Å². The first kappa shape index (κ1) is 11.1. The summed E-state index contributed by atoms with van der Waals surface area (Å²) < 4.78 is 0. The first-order valence-corrected chi connectivity index (χ1v) is 5.15. The van der Waals surface area contributed by atoms with Crippen LogP contribution in [-0.4, -0.2) is 21.1 Å². The number of nitrogens with zero attached hydrogens (tertiary/aromatic N) is 2. The van der Waals surface area contributed by atoms with Gasteiger partial charge in [-0.2, -0.15) is 5.10 Å². The molecule has 2 aromatic rings. The van der Waals surface area contributed by atoms with Crippen LogP contribution in [0.4, 0.5) is 5.69 Å². The van der Waals surface area contributed by atoms with E-state index in [1.807, 2.05) is 13.0 Å². The van der Waals surface area contributed by atoms with E-state index in [2.05, 4.69) is 20.5 Å². The fourth-order valence-electron chi connectivity index (χ4n) is 1.36. The zero-order chi connectivity index (χ0) is 12.3. The maximum absolute atomic E-state index is 11.8. The molecule has 17 heavy (non-hydrogen) atoms. The Bertz CT molecular complexity index is 521. The van der Waals surface area contributed by atoms with Gasteiger partial charge in [0.05, 0.1) is 6.54 Å². The summed E-state index contributed by atoms with van der Waals surface area (Å²) in [5, 5.41) is 9.07. The maximum atomic E-state index is 11.8. The van der Waals surface area contributed by atoms with Crippen molar-refractivity contribution < 1.29 is 4.79 Å². The quantitative estimate of drug-likeness (QED) is 0.675. The Labute approximate surface area is 98.3 Å². The van der Waals surface area contributed by atoms with E-state index < -0.39 is 0 Å². The third-order valence-corrected chi connectivity index (χ3v) is 2.42. The lowest BCUT2D eigenvalue weighted by molar-refractivity contribution is 0.0950. The molecular weight excluding hydrogens is 218 g/mol. The Kier molecular flexibility index (Phi) is 3.04. The molecule has 0 bridgehead atoms. The van der Waals surface area contributed by atoms with Crippen molar-refractivity contribution in [2.45, 2.75) is 13.5 Å². The summed E-state index contributed by atoms with van der Waals surface area (Å²) in [4.78, 5) is 15.7. The summed E-state index contributed by atoms with van der Waals surface area (Å²) in [7, 11) is 0. The van der Waals surface area contributed by atoms with Crippen LogP contribution < -0.4 is 11.1 Å². The number of amides is 1. The number of carbonyl (C=O) groups excluding carboxylic acids is 1. The highest BCUT2D eigenvalue weighted by atomic mass is 16.1. The van der Waals surface area contributed by atoms with Crippen LogP contribution in [0.5, 0.6) is 0 Å². The molecule has 1 aromatic heterocycles. The molecule has 0 aliphatic carbocycles. The van der Waals surface area contributed by atoms with Crippen LogP contribution in [0.1, 0.15) is 21.7 Å². The van der Waals surface area contributed by atoms with Crippen molar-refractivity contribution in [3.8, 4) is 0 Å².